The van der Waals surface area contributed by atoms with Gasteiger partial charge in [-0.05, 0) is 78.4 Å². The van der Waals surface area contributed by atoms with Gasteiger partial charge in [-0.2, -0.15) is 5.10 Å². The zero-order chi connectivity index (χ0) is 25.4. The molecule has 8 heteroatoms. The summed E-state index contributed by atoms with van der Waals surface area (Å²) in [6.07, 6.45) is 4.57. The normalized spacial score (nSPS) is 21.1. The van der Waals surface area contributed by atoms with E-state index in [0.29, 0.717) is 17.2 Å². The molecular weight excluding hydrogens is 478 g/mol. The van der Waals surface area contributed by atoms with E-state index in [1.807, 2.05) is 6.08 Å². The molecule has 1 saturated carbocycles. The van der Waals surface area contributed by atoms with E-state index >= 15 is 0 Å². The topological polar surface area (TPSA) is 60.4 Å². The van der Waals surface area contributed by atoms with Crippen molar-refractivity contribution in [1.29, 1.82) is 0 Å². The Labute approximate surface area is 212 Å². The molecule has 1 amide bonds. The van der Waals surface area contributed by atoms with E-state index in [0.717, 1.165) is 41.7 Å². The van der Waals surface area contributed by atoms with Crippen LogP contribution in [-0.4, -0.2) is 30.0 Å². The first kappa shape index (κ1) is 23.2. The highest BCUT2D eigenvalue weighted by Gasteiger charge is 2.43. The summed E-state index contributed by atoms with van der Waals surface area (Å²) >= 11 is 0. The fourth-order valence-electron chi connectivity index (χ4n) is 5.14. The van der Waals surface area contributed by atoms with Crippen molar-refractivity contribution in [3.8, 4) is 17.2 Å². The molecule has 1 fully saturated rings. The minimum Gasteiger partial charge on any atom is -0.484 e. The van der Waals surface area contributed by atoms with Gasteiger partial charge in [-0.1, -0.05) is 24.3 Å². The van der Waals surface area contributed by atoms with Crippen LogP contribution in [0.15, 0.2) is 77.4 Å². The summed E-state index contributed by atoms with van der Waals surface area (Å²) < 4.78 is 43.6. The Morgan fingerprint density at radius 1 is 1.00 bits per heavy atom. The van der Waals surface area contributed by atoms with Crippen LogP contribution in [0.5, 0.6) is 17.2 Å². The number of carbonyl (C=O) groups is 1. The summed E-state index contributed by atoms with van der Waals surface area (Å²) in [6, 6.07) is 17.3. The average Bonchev–Trinajstić information content (AvgIpc) is 3.54. The zero-order valence-electron chi connectivity index (χ0n) is 19.9. The van der Waals surface area contributed by atoms with Gasteiger partial charge in [-0.15, -0.1) is 0 Å². The van der Waals surface area contributed by atoms with Crippen LogP contribution >= 0.6 is 0 Å². The molecule has 2 aliphatic heterocycles. The van der Waals surface area contributed by atoms with E-state index in [2.05, 4.69) is 0 Å². The second-order valence-corrected chi connectivity index (χ2v) is 9.24. The van der Waals surface area contributed by atoms with Gasteiger partial charge >= 0.3 is 0 Å². The maximum absolute atomic E-state index is 13.7. The predicted molar refractivity (Wildman–Crippen MR) is 133 cm³/mol. The van der Waals surface area contributed by atoms with Crippen LogP contribution in [0.25, 0.3) is 6.08 Å². The first-order valence-corrected chi connectivity index (χ1v) is 12.2. The lowest BCUT2D eigenvalue weighted by molar-refractivity contribution is -0.135. The zero-order valence-corrected chi connectivity index (χ0v) is 19.9. The number of hydrogen-bond donors (Lipinski definition) is 0. The van der Waals surface area contributed by atoms with Crippen molar-refractivity contribution in [1.82, 2.24) is 5.01 Å². The fraction of sp³-hybridized carbons (Fsp3) is 0.241. The van der Waals surface area contributed by atoms with Crippen LogP contribution in [0.2, 0.25) is 0 Å². The summed E-state index contributed by atoms with van der Waals surface area (Å²) in [5.74, 6) is 0.695. The van der Waals surface area contributed by atoms with Crippen molar-refractivity contribution < 1.29 is 27.8 Å². The Morgan fingerprint density at radius 3 is 2.51 bits per heavy atom. The molecule has 0 spiro atoms. The van der Waals surface area contributed by atoms with Crippen LogP contribution in [0.1, 0.15) is 36.4 Å². The van der Waals surface area contributed by atoms with E-state index in [1.54, 1.807) is 42.5 Å². The van der Waals surface area contributed by atoms with Crippen molar-refractivity contribution in [2.75, 3.05) is 13.4 Å². The number of nitrogens with zero attached hydrogens (tertiary/aromatic N) is 2. The molecule has 0 N–H and O–H groups in total. The lowest BCUT2D eigenvalue weighted by Crippen LogP contribution is -2.34. The molecule has 6 rings (SSSR count). The molecule has 3 aliphatic rings. The number of ether oxygens (including phenoxy) is 3. The van der Waals surface area contributed by atoms with Crippen LogP contribution < -0.4 is 14.2 Å². The molecule has 0 aromatic heterocycles. The molecule has 2 atom stereocenters. The Hall–Kier alpha value is -4.20. The van der Waals surface area contributed by atoms with Crippen LogP contribution in [0.3, 0.4) is 0 Å². The third kappa shape index (κ3) is 4.67. The molecular formula is C29H24F2N2O4. The van der Waals surface area contributed by atoms with Gasteiger partial charge in [0.2, 0.25) is 6.79 Å². The highest BCUT2D eigenvalue weighted by molar-refractivity contribution is 6.08. The van der Waals surface area contributed by atoms with E-state index < -0.39 is 0 Å². The average molecular weight is 503 g/mol. The first-order chi connectivity index (χ1) is 18.0. The molecule has 0 radical (unpaired) electrons. The Kier molecular flexibility index (Phi) is 6.08. The van der Waals surface area contributed by atoms with Crippen molar-refractivity contribution in [3.63, 3.8) is 0 Å². The largest absolute Gasteiger partial charge is 0.484 e. The van der Waals surface area contributed by atoms with E-state index in [9.17, 15) is 13.6 Å². The number of halogens is 2. The molecule has 0 saturated heterocycles. The molecule has 0 bridgehead atoms. The summed E-state index contributed by atoms with van der Waals surface area (Å²) in [4.78, 5) is 13.5. The number of fused-ring (bicyclic) bond motifs is 2. The molecule has 6 nitrogen and oxygen atoms in total. The van der Waals surface area contributed by atoms with Gasteiger partial charge in [-0.3, -0.25) is 4.79 Å². The van der Waals surface area contributed by atoms with Gasteiger partial charge < -0.3 is 14.2 Å². The number of benzene rings is 3. The number of hydrazone groups is 1. The SMILES string of the molecule is O=C(COc1ccc2c(c1)OCO2)N1N=C2C(=Cc3ccc(F)cc3)CCCC2C1c1ccc(F)cc1. The van der Waals surface area contributed by atoms with Gasteiger partial charge in [-0.25, -0.2) is 13.8 Å². The maximum Gasteiger partial charge on any atom is 0.281 e. The minimum atomic E-state index is -0.375. The van der Waals surface area contributed by atoms with E-state index in [4.69, 9.17) is 19.3 Å². The lowest BCUT2D eigenvalue weighted by Gasteiger charge is -2.29. The summed E-state index contributed by atoms with van der Waals surface area (Å²) in [7, 11) is 0. The molecule has 188 valence electrons. The van der Waals surface area contributed by atoms with Crippen LogP contribution in [0.4, 0.5) is 8.78 Å². The molecule has 2 heterocycles. The third-order valence-corrected chi connectivity index (χ3v) is 6.89. The quantitative estimate of drug-likeness (QED) is 0.436. The summed E-state index contributed by atoms with van der Waals surface area (Å²) in [5, 5.41) is 6.27. The Bertz CT molecular complexity index is 1390. The number of rotatable bonds is 5. The number of hydrogen-bond acceptors (Lipinski definition) is 5. The fourth-order valence-corrected chi connectivity index (χ4v) is 5.14. The van der Waals surface area contributed by atoms with Crippen LogP contribution in [0, 0.1) is 17.6 Å². The van der Waals surface area contributed by atoms with Gasteiger partial charge in [0.15, 0.2) is 18.1 Å². The number of allylic oxidation sites excluding steroid dienone is 1. The molecule has 2 unspecified atom stereocenters. The standard InChI is InChI=1S/C29H24F2N2O4/c30-21-8-4-18(5-9-21)14-20-2-1-3-24-28(20)32-33(29(24)19-6-10-22(31)11-7-19)27(34)16-35-23-12-13-25-26(15-23)37-17-36-25/h4-15,24,29H,1-3,16-17H2. The molecule has 3 aromatic carbocycles. The van der Waals surface area contributed by atoms with E-state index in [1.165, 1.54) is 29.3 Å². The minimum absolute atomic E-state index is 0.0413. The van der Waals surface area contributed by atoms with Crippen molar-refractivity contribution >= 4 is 17.7 Å². The molecule has 1 aliphatic carbocycles. The first-order valence-electron chi connectivity index (χ1n) is 12.2. The van der Waals surface area contributed by atoms with Crippen molar-refractivity contribution in [3.05, 3.63) is 95.1 Å². The summed E-state index contributed by atoms with van der Waals surface area (Å²) in [5.41, 5.74) is 3.53. The van der Waals surface area contributed by atoms with Gasteiger partial charge in [0.25, 0.3) is 5.91 Å². The summed E-state index contributed by atoms with van der Waals surface area (Å²) in [6.45, 7) is -0.0741. The van der Waals surface area contributed by atoms with E-state index in [-0.39, 0.29) is 42.9 Å². The smallest absolute Gasteiger partial charge is 0.281 e. The third-order valence-electron chi connectivity index (χ3n) is 6.89. The second-order valence-electron chi connectivity index (χ2n) is 9.24. The van der Waals surface area contributed by atoms with Crippen LogP contribution in [-0.2, 0) is 4.79 Å². The monoisotopic (exact) mass is 502 g/mol. The van der Waals surface area contributed by atoms with Gasteiger partial charge in [0.1, 0.15) is 17.4 Å². The lowest BCUT2D eigenvalue weighted by atomic mass is 9.77. The van der Waals surface area contributed by atoms with Crippen molar-refractivity contribution in [2.24, 2.45) is 11.0 Å². The second kappa shape index (κ2) is 9.69. The van der Waals surface area contributed by atoms with Gasteiger partial charge in [0, 0.05) is 12.0 Å². The Morgan fingerprint density at radius 2 is 1.73 bits per heavy atom. The van der Waals surface area contributed by atoms with Crippen molar-refractivity contribution in [2.45, 2.75) is 25.3 Å². The Balaban J connectivity index is 1.29. The molecule has 37 heavy (non-hydrogen) atoms. The van der Waals surface area contributed by atoms with Gasteiger partial charge in [0.05, 0.1) is 11.8 Å². The molecule has 3 aromatic rings. The number of carbonyl (C=O) groups excluding carboxylic acids is 1. The predicted octanol–water partition coefficient (Wildman–Crippen LogP) is 5.90. The maximum atomic E-state index is 13.7. The number of amides is 1. The highest BCUT2D eigenvalue weighted by atomic mass is 19.1. The highest BCUT2D eigenvalue weighted by Crippen LogP contribution is 2.44.